The van der Waals surface area contributed by atoms with E-state index in [0.717, 1.165) is 0 Å². The molecule has 0 radical (unpaired) electrons. The molecule has 0 aromatic heterocycles. The second-order valence-electron chi connectivity index (χ2n) is 4.95. The van der Waals surface area contributed by atoms with E-state index in [-0.39, 0.29) is 12.4 Å². The van der Waals surface area contributed by atoms with Crippen molar-refractivity contribution in [3.8, 4) is 0 Å². The Morgan fingerprint density at radius 3 is 2.79 bits per heavy atom. The van der Waals surface area contributed by atoms with Crippen molar-refractivity contribution in [2.45, 2.75) is 26.5 Å². The third kappa shape index (κ3) is 6.87. The molecule has 19 heavy (non-hydrogen) atoms. The van der Waals surface area contributed by atoms with Crippen LogP contribution >= 0.6 is 11.6 Å². The largest absolute Gasteiger partial charge is 0.389 e. The van der Waals surface area contributed by atoms with Crippen molar-refractivity contribution in [1.29, 1.82) is 0 Å². The van der Waals surface area contributed by atoms with Crippen molar-refractivity contribution in [3.63, 3.8) is 0 Å². The standard InChI is InChI=1S/C14H21ClFNO2/c1-10(2)8-19-9-13(18)7-17-6-11-5-12(15)3-4-14(11)16/h3-5,10,13,17-18H,6-9H2,1-2H3. The summed E-state index contributed by atoms with van der Waals surface area (Å²) in [5.74, 6) is 0.142. The SMILES string of the molecule is CC(C)COCC(O)CNCc1cc(Cl)ccc1F. The molecule has 0 bridgehead atoms. The number of nitrogens with one attached hydrogen (secondary N) is 1. The maximum absolute atomic E-state index is 13.4. The number of ether oxygens (including phenoxy) is 1. The molecule has 3 nitrogen and oxygen atoms in total. The lowest BCUT2D eigenvalue weighted by Gasteiger charge is -2.13. The van der Waals surface area contributed by atoms with E-state index < -0.39 is 6.10 Å². The van der Waals surface area contributed by atoms with Crippen LogP contribution in [0.15, 0.2) is 18.2 Å². The van der Waals surface area contributed by atoms with Crippen LogP contribution in [0, 0.1) is 11.7 Å². The minimum absolute atomic E-state index is 0.281. The molecule has 1 aromatic carbocycles. The van der Waals surface area contributed by atoms with Gasteiger partial charge < -0.3 is 15.2 Å². The maximum atomic E-state index is 13.4. The minimum atomic E-state index is -0.596. The van der Waals surface area contributed by atoms with Gasteiger partial charge in [-0.2, -0.15) is 0 Å². The molecule has 1 unspecified atom stereocenters. The van der Waals surface area contributed by atoms with Gasteiger partial charge in [0, 0.05) is 30.3 Å². The summed E-state index contributed by atoms with van der Waals surface area (Å²) in [6.45, 7) is 5.68. The molecule has 0 aliphatic carbocycles. The molecule has 0 aliphatic rings. The molecular formula is C14H21ClFNO2. The van der Waals surface area contributed by atoms with E-state index in [0.29, 0.717) is 36.2 Å². The molecule has 2 N–H and O–H groups in total. The Labute approximate surface area is 118 Å². The van der Waals surface area contributed by atoms with Crippen LogP contribution in [0.4, 0.5) is 4.39 Å². The van der Waals surface area contributed by atoms with Crippen LogP contribution in [0.5, 0.6) is 0 Å². The van der Waals surface area contributed by atoms with Gasteiger partial charge in [0.1, 0.15) is 5.82 Å². The van der Waals surface area contributed by atoms with Crippen molar-refractivity contribution in [2.24, 2.45) is 5.92 Å². The summed E-state index contributed by atoms with van der Waals surface area (Å²) in [5.41, 5.74) is 0.489. The van der Waals surface area contributed by atoms with Crippen LogP contribution in [-0.4, -0.2) is 31.0 Å². The zero-order chi connectivity index (χ0) is 14.3. The molecule has 0 saturated carbocycles. The van der Waals surface area contributed by atoms with E-state index in [1.807, 2.05) is 13.8 Å². The Balaban J connectivity index is 2.24. The van der Waals surface area contributed by atoms with Gasteiger partial charge in [0.15, 0.2) is 0 Å². The molecule has 0 spiro atoms. The first kappa shape index (κ1) is 16.4. The molecule has 0 saturated heterocycles. The highest BCUT2D eigenvalue weighted by atomic mass is 35.5. The normalized spacial score (nSPS) is 12.9. The summed E-state index contributed by atoms with van der Waals surface area (Å²) in [4.78, 5) is 0. The molecular weight excluding hydrogens is 269 g/mol. The maximum Gasteiger partial charge on any atom is 0.127 e. The van der Waals surface area contributed by atoms with Crippen LogP contribution in [0.2, 0.25) is 5.02 Å². The first-order valence-electron chi connectivity index (χ1n) is 6.39. The summed E-state index contributed by atoms with van der Waals surface area (Å²) in [7, 11) is 0. The van der Waals surface area contributed by atoms with Gasteiger partial charge in [0.2, 0.25) is 0 Å². The number of hydrogen-bond donors (Lipinski definition) is 2. The number of aliphatic hydroxyl groups is 1. The van der Waals surface area contributed by atoms with Crippen molar-refractivity contribution in [1.82, 2.24) is 5.32 Å². The van der Waals surface area contributed by atoms with Crippen LogP contribution < -0.4 is 5.32 Å². The van der Waals surface area contributed by atoms with Crippen molar-refractivity contribution >= 4 is 11.6 Å². The molecule has 0 aliphatic heterocycles. The molecule has 0 amide bonds. The number of hydrogen-bond acceptors (Lipinski definition) is 3. The van der Waals surface area contributed by atoms with Gasteiger partial charge in [0.25, 0.3) is 0 Å². The molecule has 5 heteroatoms. The van der Waals surface area contributed by atoms with E-state index in [4.69, 9.17) is 16.3 Å². The molecule has 1 aromatic rings. The van der Waals surface area contributed by atoms with Gasteiger partial charge >= 0.3 is 0 Å². The first-order chi connectivity index (χ1) is 8.99. The predicted octanol–water partition coefficient (Wildman–Crippen LogP) is 2.60. The highest BCUT2D eigenvalue weighted by Crippen LogP contribution is 2.14. The summed E-state index contributed by atoms with van der Waals surface area (Å²) >= 11 is 5.79. The summed E-state index contributed by atoms with van der Waals surface area (Å²) < 4.78 is 18.7. The van der Waals surface area contributed by atoms with Gasteiger partial charge in [-0.1, -0.05) is 25.4 Å². The Morgan fingerprint density at radius 1 is 1.37 bits per heavy atom. The smallest absolute Gasteiger partial charge is 0.127 e. The Hall–Kier alpha value is -0.680. The van der Waals surface area contributed by atoms with Crippen LogP contribution in [0.1, 0.15) is 19.4 Å². The van der Waals surface area contributed by atoms with E-state index in [2.05, 4.69) is 5.32 Å². The summed E-state index contributed by atoms with van der Waals surface area (Å²) in [5, 5.41) is 13.1. The highest BCUT2D eigenvalue weighted by molar-refractivity contribution is 6.30. The Bertz CT molecular complexity index is 388. The Kier molecular flexibility index (Phi) is 7.31. The molecule has 0 heterocycles. The summed E-state index contributed by atoms with van der Waals surface area (Å²) in [6.07, 6.45) is -0.596. The van der Waals surface area contributed by atoms with Crippen LogP contribution in [-0.2, 0) is 11.3 Å². The second-order valence-corrected chi connectivity index (χ2v) is 5.39. The van der Waals surface area contributed by atoms with Gasteiger partial charge in [-0.3, -0.25) is 0 Å². The fraction of sp³-hybridized carbons (Fsp3) is 0.571. The third-order valence-corrected chi connectivity index (χ3v) is 2.70. The van der Waals surface area contributed by atoms with Crippen LogP contribution in [0.25, 0.3) is 0 Å². The molecule has 108 valence electrons. The van der Waals surface area contributed by atoms with E-state index >= 15 is 0 Å². The third-order valence-electron chi connectivity index (χ3n) is 2.46. The zero-order valence-electron chi connectivity index (χ0n) is 11.3. The average molecular weight is 290 g/mol. The summed E-state index contributed by atoms with van der Waals surface area (Å²) in [6, 6.07) is 4.42. The molecule has 1 atom stereocenters. The predicted molar refractivity (Wildman–Crippen MR) is 74.8 cm³/mol. The lowest BCUT2D eigenvalue weighted by atomic mass is 10.2. The van der Waals surface area contributed by atoms with Crippen LogP contribution in [0.3, 0.4) is 0 Å². The number of halogens is 2. The Morgan fingerprint density at radius 2 is 2.11 bits per heavy atom. The fourth-order valence-corrected chi connectivity index (χ4v) is 1.75. The fourth-order valence-electron chi connectivity index (χ4n) is 1.55. The van der Waals surface area contributed by atoms with E-state index in [1.165, 1.54) is 12.1 Å². The topological polar surface area (TPSA) is 41.5 Å². The lowest BCUT2D eigenvalue weighted by molar-refractivity contribution is 0.0260. The van der Waals surface area contributed by atoms with Crippen molar-refractivity contribution < 1.29 is 14.2 Å². The van der Waals surface area contributed by atoms with E-state index in [1.54, 1.807) is 6.07 Å². The first-order valence-corrected chi connectivity index (χ1v) is 6.77. The highest BCUT2D eigenvalue weighted by Gasteiger charge is 2.07. The minimum Gasteiger partial charge on any atom is -0.389 e. The van der Waals surface area contributed by atoms with E-state index in [9.17, 15) is 9.50 Å². The quantitative estimate of drug-likeness (QED) is 0.773. The average Bonchev–Trinajstić information content (AvgIpc) is 2.33. The number of rotatable bonds is 8. The van der Waals surface area contributed by atoms with Gasteiger partial charge in [-0.25, -0.2) is 4.39 Å². The van der Waals surface area contributed by atoms with Crippen molar-refractivity contribution in [3.05, 3.63) is 34.6 Å². The number of aliphatic hydroxyl groups excluding tert-OH is 1. The molecule has 1 rings (SSSR count). The van der Waals surface area contributed by atoms with Crippen molar-refractivity contribution in [2.75, 3.05) is 19.8 Å². The second kappa shape index (κ2) is 8.48. The number of benzene rings is 1. The monoisotopic (exact) mass is 289 g/mol. The van der Waals surface area contributed by atoms with Gasteiger partial charge in [-0.05, 0) is 24.1 Å². The van der Waals surface area contributed by atoms with Gasteiger partial charge in [0.05, 0.1) is 12.7 Å². The molecule has 0 fully saturated rings. The lowest BCUT2D eigenvalue weighted by Crippen LogP contribution is -2.30. The van der Waals surface area contributed by atoms with Gasteiger partial charge in [-0.15, -0.1) is 0 Å². The zero-order valence-corrected chi connectivity index (χ0v) is 12.1.